The number of aryl methyl sites for hydroxylation is 2. The highest BCUT2D eigenvalue weighted by Gasteiger charge is 2.19. The topological polar surface area (TPSA) is 79.4 Å². The second-order valence-corrected chi connectivity index (χ2v) is 10.2. The Hall–Kier alpha value is -2.68. The zero-order chi connectivity index (χ0) is 21.9. The molecule has 1 amide bonds. The maximum Gasteiger partial charge on any atom is 0.258 e. The number of pyridine rings is 1. The molecule has 3 rings (SSSR count). The van der Waals surface area contributed by atoms with Crippen LogP contribution in [0.4, 0.5) is 5.69 Å². The molecule has 0 unspecified atom stereocenters. The summed E-state index contributed by atoms with van der Waals surface area (Å²) >= 11 is 1.41. The van der Waals surface area contributed by atoms with E-state index in [-0.39, 0.29) is 10.8 Å². The molecule has 6 nitrogen and oxygen atoms in total. The first-order valence-electron chi connectivity index (χ1n) is 9.22. The summed E-state index contributed by atoms with van der Waals surface area (Å²) in [6.45, 7) is 4.09. The molecule has 1 aromatic heterocycles. The monoisotopic (exact) mass is 441 g/mol. The smallest absolute Gasteiger partial charge is 0.258 e. The van der Waals surface area contributed by atoms with E-state index in [1.165, 1.54) is 49.1 Å². The standard InChI is InChI=1S/C22H23N3O3S2/c1-15-10-11-18(13-16(15)2)29-22-20(9-6-12-23-22)21(26)24-17-7-5-8-19(14-17)30(27,28)25(3)4/h5-14H,1-4H3,(H,24,26). The molecular weight excluding hydrogens is 418 g/mol. The molecule has 0 aliphatic heterocycles. The largest absolute Gasteiger partial charge is 0.322 e. The van der Waals surface area contributed by atoms with E-state index in [4.69, 9.17) is 0 Å². The van der Waals surface area contributed by atoms with Gasteiger partial charge in [-0.05, 0) is 67.4 Å². The van der Waals surface area contributed by atoms with E-state index in [0.717, 1.165) is 9.20 Å². The summed E-state index contributed by atoms with van der Waals surface area (Å²) in [5.74, 6) is -0.353. The van der Waals surface area contributed by atoms with Crippen molar-refractivity contribution in [1.82, 2.24) is 9.29 Å². The number of hydrogen-bond acceptors (Lipinski definition) is 5. The van der Waals surface area contributed by atoms with Gasteiger partial charge in [-0.25, -0.2) is 17.7 Å². The van der Waals surface area contributed by atoms with Crippen LogP contribution in [-0.4, -0.2) is 37.7 Å². The minimum Gasteiger partial charge on any atom is -0.322 e. The first kappa shape index (κ1) is 22.0. The highest BCUT2D eigenvalue weighted by molar-refractivity contribution is 7.99. The maximum absolute atomic E-state index is 12.9. The van der Waals surface area contributed by atoms with Gasteiger partial charge in [0.15, 0.2) is 0 Å². The quantitative estimate of drug-likeness (QED) is 0.615. The average molecular weight is 442 g/mol. The predicted octanol–water partition coefficient (Wildman–Crippen LogP) is 4.35. The van der Waals surface area contributed by atoms with Crippen molar-refractivity contribution in [3.63, 3.8) is 0 Å². The number of rotatable bonds is 6. The van der Waals surface area contributed by atoms with E-state index in [9.17, 15) is 13.2 Å². The van der Waals surface area contributed by atoms with Crippen LogP contribution in [0.3, 0.4) is 0 Å². The third-order valence-corrected chi connectivity index (χ3v) is 7.40. The fourth-order valence-corrected chi connectivity index (χ4v) is 4.60. The van der Waals surface area contributed by atoms with Gasteiger partial charge in [-0.3, -0.25) is 4.79 Å². The highest BCUT2D eigenvalue weighted by atomic mass is 32.2. The van der Waals surface area contributed by atoms with Crippen molar-refractivity contribution < 1.29 is 13.2 Å². The van der Waals surface area contributed by atoms with Crippen molar-refractivity contribution in [2.45, 2.75) is 28.7 Å². The first-order valence-corrected chi connectivity index (χ1v) is 11.5. The zero-order valence-electron chi connectivity index (χ0n) is 17.2. The van der Waals surface area contributed by atoms with E-state index in [2.05, 4.69) is 16.4 Å². The van der Waals surface area contributed by atoms with Gasteiger partial charge in [-0.15, -0.1) is 0 Å². The Kier molecular flexibility index (Phi) is 6.60. The average Bonchev–Trinajstić information content (AvgIpc) is 2.71. The first-order chi connectivity index (χ1) is 14.2. The van der Waals surface area contributed by atoms with Gasteiger partial charge in [0.05, 0.1) is 10.5 Å². The molecule has 156 valence electrons. The molecule has 30 heavy (non-hydrogen) atoms. The Morgan fingerprint density at radius 2 is 1.77 bits per heavy atom. The number of amides is 1. The van der Waals surface area contributed by atoms with Gasteiger partial charge in [0.25, 0.3) is 5.91 Å². The molecular formula is C22H23N3O3S2. The number of carbonyl (C=O) groups excluding carboxylic acids is 1. The van der Waals surface area contributed by atoms with E-state index in [0.29, 0.717) is 16.3 Å². The van der Waals surface area contributed by atoms with Crippen LogP contribution in [0, 0.1) is 13.8 Å². The fourth-order valence-electron chi connectivity index (χ4n) is 2.68. The Morgan fingerprint density at radius 1 is 1.00 bits per heavy atom. The molecule has 0 saturated heterocycles. The van der Waals surface area contributed by atoms with Gasteiger partial charge in [-0.2, -0.15) is 0 Å². The number of carbonyl (C=O) groups is 1. The minimum atomic E-state index is -3.59. The lowest BCUT2D eigenvalue weighted by atomic mass is 10.1. The van der Waals surface area contributed by atoms with Crippen molar-refractivity contribution in [2.24, 2.45) is 0 Å². The van der Waals surface area contributed by atoms with Crippen LogP contribution in [0.1, 0.15) is 21.5 Å². The van der Waals surface area contributed by atoms with Gasteiger partial charge >= 0.3 is 0 Å². The Balaban J connectivity index is 1.86. The molecule has 0 aliphatic rings. The molecule has 0 saturated carbocycles. The van der Waals surface area contributed by atoms with Crippen molar-refractivity contribution in [2.75, 3.05) is 19.4 Å². The summed E-state index contributed by atoms with van der Waals surface area (Å²) in [5, 5.41) is 3.36. The molecule has 0 spiro atoms. The number of hydrogen-bond donors (Lipinski definition) is 1. The molecule has 1 heterocycles. The summed E-state index contributed by atoms with van der Waals surface area (Å²) in [4.78, 5) is 18.4. The van der Waals surface area contributed by atoms with Crippen molar-refractivity contribution >= 4 is 33.4 Å². The van der Waals surface area contributed by atoms with Gasteiger partial charge in [0.2, 0.25) is 10.0 Å². The van der Waals surface area contributed by atoms with E-state index in [1.54, 1.807) is 30.5 Å². The van der Waals surface area contributed by atoms with Crippen LogP contribution in [0.15, 0.2) is 75.6 Å². The molecule has 0 atom stereocenters. The number of aromatic nitrogens is 1. The number of nitrogens with zero attached hydrogens (tertiary/aromatic N) is 2. The SMILES string of the molecule is Cc1ccc(Sc2ncccc2C(=O)Nc2cccc(S(=O)(=O)N(C)C)c2)cc1C. The summed E-state index contributed by atoms with van der Waals surface area (Å²) in [7, 11) is -0.661. The van der Waals surface area contributed by atoms with Gasteiger partial charge in [-0.1, -0.05) is 23.9 Å². The van der Waals surface area contributed by atoms with Gasteiger partial charge in [0, 0.05) is 30.9 Å². The Morgan fingerprint density at radius 3 is 2.47 bits per heavy atom. The van der Waals surface area contributed by atoms with E-state index < -0.39 is 10.0 Å². The van der Waals surface area contributed by atoms with E-state index >= 15 is 0 Å². The lowest BCUT2D eigenvalue weighted by molar-refractivity contribution is 0.102. The number of sulfonamides is 1. The minimum absolute atomic E-state index is 0.112. The molecule has 1 N–H and O–H groups in total. The second-order valence-electron chi connectivity index (χ2n) is 6.97. The van der Waals surface area contributed by atoms with Crippen molar-refractivity contribution in [3.8, 4) is 0 Å². The molecule has 0 fully saturated rings. The van der Waals surface area contributed by atoms with Crippen LogP contribution in [0.25, 0.3) is 0 Å². The Labute approximate surface area is 181 Å². The third-order valence-electron chi connectivity index (χ3n) is 4.58. The molecule has 3 aromatic rings. The van der Waals surface area contributed by atoms with E-state index in [1.807, 2.05) is 26.0 Å². The summed E-state index contributed by atoms with van der Waals surface area (Å²) in [6.07, 6.45) is 1.64. The number of nitrogens with one attached hydrogen (secondary N) is 1. The summed E-state index contributed by atoms with van der Waals surface area (Å²) in [5.41, 5.74) is 3.18. The predicted molar refractivity (Wildman–Crippen MR) is 120 cm³/mol. The lowest BCUT2D eigenvalue weighted by Gasteiger charge is -2.13. The van der Waals surface area contributed by atoms with Crippen molar-refractivity contribution in [1.29, 1.82) is 0 Å². The number of benzene rings is 2. The van der Waals surface area contributed by atoms with Crippen LogP contribution >= 0.6 is 11.8 Å². The van der Waals surface area contributed by atoms with Crippen molar-refractivity contribution in [3.05, 3.63) is 77.5 Å². The molecule has 0 bridgehead atoms. The maximum atomic E-state index is 12.9. The molecule has 0 aliphatic carbocycles. The lowest BCUT2D eigenvalue weighted by Crippen LogP contribution is -2.22. The highest BCUT2D eigenvalue weighted by Crippen LogP contribution is 2.30. The fraction of sp³-hybridized carbons (Fsp3) is 0.182. The molecule has 0 radical (unpaired) electrons. The molecule has 2 aromatic carbocycles. The Bertz CT molecular complexity index is 1190. The van der Waals surface area contributed by atoms with Crippen LogP contribution < -0.4 is 5.32 Å². The normalized spacial score (nSPS) is 11.5. The zero-order valence-corrected chi connectivity index (χ0v) is 18.8. The summed E-state index contributed by atoms with van der Waals surface area (Å²) in [6, 6.07) is 15.7. The van der Waals surface area contributed by atoms with Gasteiger partial charge in [0.1, 0.15) is 5.03 Å². The third kappa shape index (κ3) is 4.89. The van der Waals surface area contributed by atoms with Crippen LogP contribution in [-0.2, 0) is 10.0 Å². The second kappa shape index (κ2) is 8.99. The molecule has 8 heteroatoms. The van der Waals surface area contributed by atoms with Crippen LogP contribution in [0.5, 0.6) is 0 Å². The van der Waals surface area contributed by atoms with Gasteiger partial charge < -0.3 is 5.32 Å². The summed E-state index contributed by atoms with van der Waals surface area (Å²) < 4.78 is 25.8. The number of anilines is 1. The van der Waals surface area contributed by atoms with Crippen LogP contribution in [0.2, 0.25) is 0 Å².